The fourth-order valence-corrected chi connectivity index (χ4v) is 1.64. The third-order valence-corrected chi connectivity index (χ3v) is 3.21. The van der Waals surface area contributed by atoms with Crippen molar-refractivity contribution in [2.75, 3.05) is 6.26 Å². The van der Waals surface area contributed by atoms with Crippen molar-refractivity contribution in [1.29, 1.82) is 0 Å². The summed E-state index contributed by atoms with van der Waals surface area (Å²) < 4.78 is 1.60. The molecule has 0 atom stereocenters. The number of hydrogen-bond acceptors (Lipinski definition) is 3. The minimum atomic E-state index is 0.200. The maximum Gasteiger partial charge on any atom is 0.124 e. The average molecular weight is 289 g/mol. The van der Waals surface area contributed by atoms with Gasteiger partial charge in [-0.05, 0) is 18.4 Å². The van der Waals surface area contributed by atoms with Crippen LogP contribution in [0.15, 0.2) is 34.8 Å². The van der Waals surface area contributed by atoms with Crippen LogP contribution < -0.4 is 0 Å². The maximum absolute atomic E-state index is 9.69. The average Bonchev–Trinajstić information content (AvgIpc) is 2.17. The van der Waals surface area contributed by atoms with Crippen molar-refractivity contribution in [3.63, 3.8) is 0 Å². The van der Waals surface area contributed by atoms with Crippen LogP contribution in [-0.4, -0.2) is 15.6 Å². The molecule has 0 saturated carbocycles. The summed E-state index contributed by atoms with van der Waals surface area (Å²) in [5.41, 5.74) is 0.760. The zero-order valence-corrected chi connectivity index (χ0v) is 10.7. The quantitative estimate of drug-likeness (QED) is 0.504. The molecule has 0 heterocycles. The molecule has 0 aromatic heterocycles. The number of rotatable bonds is 2. The maximum atomic E-state index is 9.69. The minimum absolute atomic E-state index is 0.200. The lowest BCUT2D eigenvalue weighted by Crippen LogP contribution is -1.86. The zero-order valence-electron chi connectivity index (χ0n) is 7.53. The Morgan fingerprint density at radius 2 is 2.29 bits per heavy atom. The fraction of sp³-hybridized carbons (Fsp3) is 0.100. The Balaban J connectivity index is 2.94. The van der Waals surface area contributed by atoms with Gasteiger partial charge < -0.3 is 5.11 Å². The monoisotopic (exact) mass is 288 g/mol. The molecular formula is C10H9BrOS2. The fourth-order valence-electron chi connectivity index (χ4n) is 0.902. The molecule has 1 aromatic carbocycles. The zero-order chi connectivity index (χ0) is 10.6. The molecule has 1 nitrogen and oxygen atoms in total. The first-order valence-electron chi connectivity index (χ1n) is 3.88. The van der Waals surface area contributed by atoms with Gasteiger partial charge in [0.05, 0.1) is 4.20 Å². The van der Waals surface area contributed by atoms with E-state index >= 15 is 0 Å². The van der Waals surface area contributed by atoms with E-state index in [9.17, 15) is 5.11 Å². The number of benzene rings is 1. The summed E-state index contributed by atoms with van der Waals surface area (Å²) in [7, 11) is 0. The van der Waals surface area contributed by atoms with Crippen LogP contribution in [0, 0.1) is 0 Å². The lowest BCUT2D eigenvalue weighted by Gasteiger charge is -2.00. The normalized spacial score (nSPS) is 11.4. The molecule has 4 heteroatoms. The number of thioether (sulfide) groups is 1. The largest absolute Gasteiger partial charge is 0.507 e. The number of halogens is 1. The van der Waals surface area contributed by atoms with E-state index in [2.05, 4.69) is 15.9 Å². The van der Waals surface area contributed by atoms with Crippen LogP contribution in [-0.2, 0) is 0 Å². The molecule has 0 radical (unpaired) electrons. The van der Waals surface area contributed by atoms with Crippen molar-refractivity contribution < 1.29 is 5.11 Å². The minimum Gasteiger partial charge on any atom is -0.507 e. The van der Waals surface area contributed by atoms with Gasteiger partial charge in [-0.1, -0.05) is 40.3 Å². The SMILES string of the molecule is CSC(=S)/C=C(/O)c1cccc(Br)c1. The van der Waals surface area contributed by atoms with E-state index in [1.807, 2.05) is 30.5 Å². The number of aliphatic hydroxyl groups is 1. The molecule has 1 rings (SSSR count). The summed E-state index contributed by atoms with van der Waals surface area (Å²) in [4.78, 5) is 0. The molecule has 1 N–H and O–H groups in total. The van der Waals surface area contributed by atoms with Gasteiger partial charge in [-0.3, -0.25) is 0 Å². The molecule has 1 aromatic rings. The molecule has 0 spiro atoms. The summed E-state index contributed by atoms with van der Waals surface area (Å²) in [6, 6.07) is 7.45. The highest BCUT2D eigenvalue weighted by atomic mass is 79.9. The van der Waals surface area contributed by atoms with E-state index in [0.717, 1.165) is 10.0 Å². The number of hydrogen-bond donors (Lipinski definition) is 1. The van der Waals surface area contributed by atoms with Crippen LogP contribution in [0.25, 0.3) is 5.76 Å². The van der Waals surface area contributed by atoms with Crippen LogP contribution in [0.1, 0.15) is 5.56 Å². The predicted octanol–water partition coefficient (Wildman–Crippen LogP) is 4.04. The van der Waals surface area contributed by atoms with Crippen molar-refractivity contribution in [3.05, 3.63) is 40.4 Å². The van der Waals surface area contributed by atoms with Gasteiger partial charge in [0.15, 0.2) is 0 Å². The van der Waals surface area contributed by atoms with E-state index in [-0.39, 0.29) is 5.76 Å². The summed E-state index contributed by atoms with van der Waals surface area (Å²) in [5, 5.41) is 9.69. The molecule has 0 bridgehead atoms. The van der Waals surface area contributed by atoms with Crippen molar-refractivity contribution in [3.8, 4) is 0 Å². The first-order valence-corrected chi connectivity index (χ1v) is 6.30. The number of thiocarbonyl (C=S) groups is 1. The number of aliphatic hydroxyl groups excluding tert-OH is 1. The lowest BCUT2D eigenvalue weighted by molar-refractivity contribution is 0.512. The molecular weight excluding hydrogens is 280 g/mol. The lowest BCUT2D eigenvalue weighted by atomic mass is 10.2. The second kappa shape index (κ2) is 5.53. The topological polar surface area (TPSA) is 20.2 Å². The van der Waals surface area contributed by atoms with Gasteiger partial charge in [0, 0.05) is 16.1 Å². The van der Waals surface area contributed by atoms with Crippen LogP contribution in [0.4, 0.5) is 0 Å². The molecule has 0 fully saturated rings. The van der Waals surface area contributed by atoms with Gasteiger partial charge in [0.2, 0.25) is 0 Å². The smallest absolute Gasteiger partial charge is 0.124 e. The molecule has 74 valence electrons. The first-order chi connectivity index (χ1) is 6.63. The molecule has 0 saturated heterocycles. The summed E-state index contributed by atoms with van der Waals surface area (Å²) >= 11 is 9.75. The third kappa shape index (κ3) is 3.44. The molecule has 0 aliphatic heterocycles. The van der Waals surface area contributed by atoms with E-state index in [1.165, 1.54) is 11.8 Å². The molecule has 0 amide bonds. The van der Waals surface area contributed by atoms with Gasteiger partial charge in [0.25, 0.3) is 0 Å². The van der Waals surface area contributed by atoms with E-state index in [1.54, 1.807) is 6.08 Å². The highest BCUT2D eigenvalue weighted by Crippen LogP contribution is 2.18. The third-order valence-electron chi connectivity index (χ3n) is 1.58. The molecule has 0 aliphatic carbocycles. The van der Waals surface area contributed by atoms with Crippen molar-refractivity contribution in [2.45, 2.75) is 0 Å². The molecule has 0 unspecified atom stereocenters. The van der Waals surface area contributed by atoms with E-state index in [4.69, 9.17) is 12.2 Å². The van der Waals surface area contributed by atoms with Crippen molar-refractivity contribution in [1.82, 2.24) is 0 Å². The van der Waals surface area contributed by atoms with Gasteiger partial charge in [-0.25, -0.2) is 0 Å². The van der Waals surface area contributed by atoms with Gasteiger partial charge >= 0.3 is 0 Å². The first kappa shape index (κ1) is 11.8. The van der Waals surface area contributed by atoms with E-state index in [0.29, 0.717) is 4.20 Å². The van der Waals surface area contributed by atoms with Gasteiger partial charge in [-0.2, -0.15) is 0 Å². The van der Waals surface area contributed by atoms with Crippen molar-refractivity contribution in [2.24, 2.45) is 0 Å². The van der Waals surface area contributed by atoms with Crippen LogP contribution in [0.2, 0.25) is 0 Å². The second-order valence-electron chi connectivity index (χ2n) is 2.56. The Bertz CT molecular complexity index is 374. The Labute approximate surface area is 101 Å². The van der Waals surface area contributed by atoms with Crippen LogP contribution in [0.3, 0.4) is 0 Å². The van der Waals surface area contributed by atoms with E-state index < -0.39 is 0 Å². The Hall–Kier alpha value is -0.320. The molecule has 14 heavy (non-hydrogen) atoms. The predicted molar refractivity (Wildman–Crippen MR) is 70.9 cm³/mol. The summed E-state index contributed by atoms with van der Waals surface area (Å²) in [6.07, 6.45) is 3.47. The Morgan fingerprint density at radius 1 is 1.57 bits per heavy atom. The van der Waals surface area contributed by atoms with Crippen molar-refractivity contribution >= 4 is 49.9 Å². The summed E-state index contributed by atoms with van der Waals surface area (Å²) in [5.74, 6) is 0.200. The van der Waals surface area contributed by atoms with Gasteiger partial charge in [0.1, 0.15) is 5.76 Å². The van der Waals surface area contributed by atoms with Crippen LogP contribution in [0.5, 0.6) is 0 Å². The van der Waals surface area contributed by atoms with Crippen LogP contribution >= 0.6 is 39.9 Å². The Morgan fingerprint density at radius 3 is 2.86 bits per heavy atom. The standard InChI is InChI=1S/C10H9BrOS2/c1-14-10(13)6-9(12)7-3-2-4-8(11)5-7/h2-6,12H,1H3/b9-6+. The van der Waals surface area contributed by atoms with Gasteiger partial charge in [-0.15, -0.1) is 11.8 Å². The molecule has 0 aliphatic rings. The Kier molecular flexibility index (Phi) is 4.65. The highest BCUT2D eigenvalue weighted by Gasteiger charge is 2.00. The summed E-state index contributed by atoms with van der Waals surface area (Å²) in [6.45, 7) is 0. The second-order valence-corrected chi connectivity index (χ2v) is 5.03. The highest BCUT2D eigenvalue weighted by molar-refractivity contribution is 9.10.